The summed E-state index contributed by atoms with van der Waals surface area (Å²) < 4.78 is 0. The Labute approximate surface area is 132 Å². The standard InChI is InChI=1S/C17H27NO4/c1-16(2)7-13(8-17(3,4)18-16)15(11-22)14(10-21)12(9-20)5-6-19/h6,9-15,18H,5,7-8H2,1-4H3. The smallest absolute Gasteiger partial charge is 0.124 e. The number of hydrogen-bond acceptors (Lipinski definition) is 5. The second-order valence-electron chi connectivity index (χ2n) is 7.69. The van der Waals surface area contributed by atoms with Gasteiger partial charge in [0.1, 0.15) is 25.1 Å². The Kier molecular flexibility index (Phi) is 6.17. The lowest BCUT2D eigenvalue weighted by molar-refractivity contribution is -0.129. The molecule has 0 aromatic rings. The molecule has 1 rings (SSSR count). The van der Waals surface area contributed by atoms with E-state index in [0.29, 0.717) is 18.9 Å². The van der Waals surface area contributed by atoms with Gasteiger partial charge in [-0.1, -0.05) is 0 Å². The molecule has 0 aliphatic carbocycles. The van der Waals surface area contributed by atoms with Crippen LogP contribution in [0.2, 0.25) is 0 Å². The molecule has 124 valence electrons. The van der Waals surface area contributed by atoms with Crippen molar-refractivity contribution in [1.29, 1.82) is 0 Å². The summed E-state index contributed by atoms with van der Waals surface area (Å²) in [6.07, 6.45) is 4.20. The van der Waals surface area contributed by atoms with E-state index in [1.807, 2.05) is 0 Å². The van der Waals surface area contributed by atoms with E-state index in [4.69, 9.17) is 0 Å². The van der Waals surface area contributed by atoms with Gasteiger partial charge >= 0.3 is 0 Å². The summed E-state index contributed by atoms with van der Waals surface area (Å²) >= 11 is 0. The maximum absolute atomic E-state index is 11.7. The van der Waals surface area contributed by atoms with Gasteiger partial charge < -0.3 is 24.5 Å². The zero-order valence-electron chi connectivity index (χ0n) is 13.9. The number of hydrogen-bond donors (Lipinski definition) is 1. The molecule has 0 aromatic carbocycles. The Morgan fingerprint density at radius 2 is 1.50 bits per heavy atom. The fourth-order valence-corrected chi connectivity index (χ4v) is 4.08. The van der Waals surface area contributed by atoms with E-state index in [-0.39, 0.29) is 23.4 Å². The van der Waals surface area contributed by atoms with Crippen LogP contribution in [0.1, 0.15) is 47.0 Å². The molecule has 1 aliphatic rings. The summed E-state index contributed by atoms with van der Waals surface area (Å²) in [6, 6.07) is 0. The van der Waals surface area contributed by atoms with Crippen molar-refractivity contribution in [3.8, 4) is 0 Å². The number of carbonyl (C=O) groups is 4. The Morgan fingerprint density at radius 1 is 0.955 bits per heavy atom. The van der Waals surface area contributed by atoms with E-state index >= 15 is 0 Å². The molecule has 1 fully saturated rings. The molecule has 3 atom stereocenters. The molecule has 22 heavy (non-hydrogen) atoms. The molecule has 1 N–H and O–H groups in total. The first-order chi connectivity index (χ1) is 10.2. The lowest BCUT2D eigenvalue weighted by Crippen LogP contribution is -2.59. The molecule has 0 bridgehead atoms. The predicted octanol–water partition coefficient (Wildman–Crippen LogP) is 1.58. The first-order valence-corrected chi connectivity index (χ1v) is 7.78. The summed E-state index contributed by atoms with van der Waals surface area (Å²) in [5.41, 5.74) is -0.301. The van der Waals surface area contributed by atoms with Gasteiger partial charge in [-0.25, -0.2) is 0 Å². The number of rotatable bonds is 8. The van der Waals surface area contributed by atoms with Crippen LogP contribution < -0.4 is 5.32 Å². The highest BCUT2D eigenvalue weighted by Gasteiger charge is 2.44. The summed E-state index contributed by atoms with van der Waals surface area (Å²) in [4.78, 5) is 45.1. The van der Waals surface area contributed by atoms with E-state index in [2.05, 4.69) is 33.0 Å². The van der Waals surface area contributed by atoms with E-state index < -0.39 is 17.8 Å². The quantitative estimate of drug-likeness (QED) is 0.689. The van der Waals surface area contributed by atoms with Gasteiger partial charge in [0, 0.05) is 35.3 Å². The van der Waals surface area contributed by atoms with E-state index in [1.165, 1.54) is 0 Å². The molecule has 0 aromatic heterocycles. The van der Waals surface area contributed by atoms with Crippen molar-refractivity contribution < 1.29 is 19.2 Å². The molecule has 0 spiro atoms. The van der Waals surface area contributed by atoms with Gasteiger partial charge in [0.25, 0.3) is 0 Å². The van der Waals surface area contributed by atoms with Gasteiger partial charge in [0.2, 0.25) is 0 Å². The van der Waals surface area contributed by atoms with Crippen molar-refractivity contribution in [2.24, 2.45) is 23.7 Å². The zero-order chi connectivity index (χ0) is 17.0. The Balaban J connectivity index is 3.06. The molecule has 1 heterocycles. The number of nitrogens with one attached hydrogen (secondary N) is 1. The van der Waals surface area contributed by atoms with Crippen molar-refractivity contribution in [3.63, 3.8) is 0 Å². The van der Waals surface area contributed by atoms with Crippen LogP contribution in [0.5, 0.6) is 0 Å². The van der Waals surface area contributed by atoms with Gasteiger partial charge in [-0.05, 0) is 46.5 Å². The summed E-state index contributed by atoms with van der Waals surface area (Å²) in [5.74, 6) is -1.97. The molecule has 5 heteroatoms. The predicted molar refractivity (Wildman–Crippen MR) is 83.4 cm³/mol. The lowest BCUT2D eigenvalue weighted by Gasteiger charge is -2.48. The van der Waals surface area contributed by atoms with Crippen molar-refractivity contribution in [3.05, 3.63) is 0 Å². The van der Waals surface area contributed by atoms with Crippen molar-refractivity contribution in [2.45, 2.75) is 58.0 Å². The maximum atomic E-state index is 11.7. The second-order valence-corrected chi connectivity index (χ2v) is 7.69. The van der Waals surface area contributed by atoms with Gasteiger partial charge in [0.05, 0.1) is 0 Å². The highest BCUT2D eigenvalue weighted by atomic mass is 16.1. The van der Waals surface area contributed by atoms with Crippen LogP contribution in [0.3, 0.4) is 0 Å². The third-order valence-corrected chi connectivity index (χ3v) is 4.56. The SMILES string of the molecule is CC1(C)CC(C(C=O)C(C=O)C(C=O)CC=O)CC(C)(C)N1. The minimum atomic E-state index is -0.727. The minimum absolute atomic E-state index is 0.00746. The molecule has 3 unspecified atom stereocenters. The van der Waals surface area contributed by atoms with Crippen molar-refractivity contribution in [2.75, 3.05) is 0 Å². The fraction of sp³-hybridized carbons (Fsp3) is 0.765. The average molecular weight is 309 g/mol. The molecule has 5 nitrogen and oxygen atoms in total. The van der Waals surface area contributed by atoms with E-state index in [1.54, 1.807) is 0 Å². The van der Waals surface area contributed by atoms with Crippen LogP contribution in [-0.4, -0.2) is 36.2 Å². The van der Waals surface area contributed by atoms with Crippen LogP contribution in [-0.2, 0) is 19.2 Å². The third kappa shape index (κ3) is 4.57. The number of piperidine rings is 1. The van der Waals surface area contributed by atoms with Crippen LogP contribution in [0.15, 0.2) is 0 Å². The summed E-state index contributed by atoms with van der Waals surface area (Å²) in [7, 11) is 0. The molecule has 0 amide bonds. The molecule has 0 saturated carbocycles. The summed E-state index contributed by atoms with van der Waals surface area (Å²) in [5, 5.41) is 3.54. The van der Waals surface area contributed by atoms with Crippen LogP contribution in [0.25, 0.3) is 0 Å². The third-order valence-electron chi connectivity index (χ3n) is 4.56. The molecular formula is C17H27NO4. The van der Waals surface area contributed by atoms with E-state index in [0.717, 1.165) is 19.1 Å². The highest BCUT2D eigenvalue weighted by molar-refractivity contribution is 5.73. The van der Waals surface area contributed by atoms with Gasteiger partial charge in [-0.15, -0.1) is 0 Å². The fourth-order valence-electron chi connectivity index (χ4n) is 4.08. The Hall–Kier alpha value is -1.36. The molecule has 0 radical (unpaired) electrons. The van der Waals surface area contributed by atoms with Crippen molar-refractivity contribution in [1.82, 2.24) is 5.32 Å². The Morgan fingerprint density at radius 3 is 1.86 bits per heavy atom. The minimum Gasteiger partial charge on any atom is -0.307 e. The van der Waals surface area contributed by atoms with Crippen LogP contribution >= 0.6 is 0 Å². The topological polar surface area (TPSA) is 80.3 Å². The molecule has 1 aliphatic heterocycles. The highest BCUT2D eigenvalue weighted by Crippen LogP contribution is 2.40. The first-order valence-electron chi connectivity index (χ1n) is 7.78. The summed E-state index contributed by atoms with van der Waals surface area (Å²) in [6.45, 7) is 8.28. The monoisotopic (exact) mass is 309 g/mol. The van der Waals surface area contributed by atoms with Crippen molar-refractivity contribution >= 4 is 25.1 Å². The van der Waals surface area contributed by atoms with Gasteiger partial charge in [-0.3, -0.25) is 0 Å². The normalized spacial score (nSPS) is 24.7. The maximum Gasteiger partial charge on any atom is 0.124 e. The molecule has 1 saturated heterocycles. The second kappa shape index (κ2) is 7.27. The van der Waals surface area contributed by atoms with E-state index in [9.17, 15) is 19.2 Å². The van der Waals surface area contributed by atoms with Crippen LogP contribution in [0.4, 0.5) is 0 Å². The van der Waals surface area contributed by atoms with Gasteiger partial charge in [-0.2, -0.15) is 0 Å². The average Bonchev–Trinajstić information content (AvgIpc) is 2.39. The van der Waals surface area contributed by atoms with Gasteiger partial charge in [0.15, 0.2) is 0 Å². The number of carbonyl (C=O) groups excluding carboxylic acids is 4. The Bertz CT molecular complexity index is 414. The first kappa shape index (κ1) is 18.7. The largest absolute Gasteiger partial charge is 0.307 e. The lowest BCUT2D eigenvalue weighted by atomic mass is 9.66. The molecular weight excluding hydrogens is 282 g/mol. The number of aldehydes is 4. The van der Waals surface area contributed by atoms with Crippen LogP contribution in [0, 0.1) is 23.7 Å². The zero-order valence-corrected chi connectivity index (χ0v) is 13.9.